The standard InChI is InChI=1S/C15H15Br2N3O/c16-12-6-10(8-20-11-2-3-11)7-13(17)15(12)21-9-14-18-4-1-5-19-14/h1,4-7,11,20H,2-3,8-9H2. The van der Waals surface area contributed by atoms with Crippen molar-refractivity contribution in [3.8, 4) is 5.75 Å². The van der Waals surface area contributed by atoms with Gasteiger partial charge in [-0.05, 0) is 68.5 Å². The van der Waals surface area contributed by atoms with Gasteiger partial charge in [-0.25, -0.2) is 9.97 Å². The number of ether oxygens (including phenoxy) is 1. The molecule has 0 radical (unpaired) electrons. The summed E-state index contributed by atoms with van der Waals surface area (Å²) in [6, 6.07) is 6.66. The molecule has 1 aromatic carbocycles. The summed E-state index contributed by atoms with van der Waals surface area (Å²) < 4.78 is 7.67. The van der Waals surface area contributed by atoms with Gasteiger partial charge in [0.15, 0.2) is 5.82 Å². The SMILES string of the molecule is Brc1cc(CNC2CC2)cc(Br)c1OCc1ncccn1. The summed E-state index contributed by atoms with van der Waals surface area (Å²) in [4.78, 5) is 8.30. The first-order valence-corrected chi connectivity index (χ1v) is 8.41. The quantitative estimate of drug-likeness (QED) is 0.783. The minimum atomic E-state index is 0.345. The van der Waals surface area contributed by atoms with Gasteiger partial charge in [-0.1, -0.05) is 0 Å². The van der Waals surface area contributed by atoms with E-state index in [-0.39, 0.29) is 0 Å². The molecule has 0 aliphatic heterocycles. The second-order valence-electron chi connectivity index (χ2n) is 5.00. The van der Waals surface area contributed by atoms with E-state index in [1.807, 2.05) is 0 Å². The Hall–Kier alpha value is -0.980. The van der Waals surface area contributed by atoms with Crippen LogP contribution in [0.4, 0.5) is 0 Å². The molecular weight excluding hydrogens is 398 g/mol. The van der Waals surface area contributed by atoms with Crippen LogP contribution in [0.5, 0.6) is 5.75 Å². The van der Waals surface area contributed by atoms with E-state index in [2.05, 4.69) is 59.3 Å². The zero-order chi connectivity index (χ0) is 14.7. The highest BCUT2D eigenvalue weighted by molar-refractivity contribution is 9.11. The molecule has 1 aliphatic carbocycles. The first kappa shape index (κ1) is 14.9. The summed E-state index contributed by atoms with van der Waals surface area (Å²) in [6.07, 6.45) is 6.01. The Morgan fingerprint density at radius 1 is 1.14 bits per heavy atom. The normalized spacial score (nSPS) is 14.2. The monoisotopic (exact) mass is 411 g/mol. The maximum Gasteiger partial charge on any atom is 0.166 e. The van der Waals surface area contributed by atoms with E-state index in [4.69, 9.17) is 4.74 Å². The smallest absolute Gasteiger partial charge is 0.166 e. The number of hydrogen-bond donors (Lipinski definition) is 1. The highest BCUT2D eigenvalue weighted by Crippen LogP contribution is 2.35. The van der Waals surface area contributed by atoms with Crippen molar-refractivity contribution in [3.63, 3.8) is 0 Å². The molecule has 2 aromatic rings. The predicted octanol–water partition coefficient (Wildman–Crippen LogP) is 3.83. The third kappa shape index (κ3) is 4.25. The minimum absolute atomic E-state index is 0.345. The molecule has 0 unspecified atom stereocenters. The first-order chi connectivity index (χ1) is 10.2. The molecule has 21 heavy (non-hydrogen) atoms. The van der Waals surface area contributed by atoms with Crippen molar-refractivity contribution in [3.05, 3.63) is 50.9 Å². The third-order valence-corrected chi connectivity index (χ3v) is 4.37. The lowest BCUT2D eigenvalue weighted by molar-refractivity contribution is 0.292. The first-order valence-electron chi connectivity index (χ1n) is 6.82. The molecule has 0 atom stereocenters. The van der Waals surface area contributed by atoms with E-state index in [9.17, 15) is 0 Å². The van der Waals surface area contributed by atoms with Crippen LogP contribution in [0.2, 0.25) is 0 Å². The summed E-state index contributed by atoms with van der Waals surface area (Å²) in [5.74, 6) is 1.44. The van der Waals surface area contributed by atoms with Crippen LogP contribution in [-0.2, 0) is 13.2 Å². The van der Waals surface area contributed by atoms with Crippen LogP contribution in [0.3, 0.4) is 0 Å². The van der Waals surface area contributed by atoms with Crippen molar-refractivity contribution in [1.29, 1.82) is 0 Å². The van der Waals surface area contributed by atoms with Gasteiger partial charge in [0.1, 0.15) is 12.4 Å². The summed E-state index contributed by atoms with van der Waals surface area (Å²) >= 11 is 7.14. The van der Waals surface area contributed by atoms with Crippen molar-refractivity contribution in [2.75, 3.05) is 0 Å². The summed E-state index contributed by atoms with van der Waals surface area (Å²) in [5, 5.41) is 3.50. The molecule has 3 rings (SSSR count). The molecule has 1 fully saturated rings. The second kappa shape index (κ2) is 6.85. The van der Waals surface area contributed by atoms with Crippen LogP contribution < -0.4 is 10.1 Å². The molecule has 6 heteroatoms. The summed E-state index contributed by atoms with van der Waals surface area (Å²) in [5.41, 5.74) is 1.23. The zero-order valence-corrected chi connectivity index (χ0v) is 14.5. The van der Waals surface area contributed by atoms with Gasteiger partial charge in [-0.3, -0.25) is 0 Å². The van der Waals surface area contributed by atoms with E-state index in [0.717, 1.165) is 21.2 Å². The van der Waals surface area contributed by atoms with Crippen molar-refractivity contribution >= 4 is 31.9 Å². The number of halogens is 2. The number of benzene rings is 1. The van der Waals surface area contributed by atoms with Gasteiger partial charge in [0.05, 0.1) is 8.95 Å². The van der Waals surface area contributed by atoms with Crippen molar-refractivity contribution < 1.29 is 4.74 Å². The van der Waals surface area contributed by atoms with Crippen LogP contribution in [0, 0.1) is 0 Å². The molecule has 1 aromatic heterocycles. The molecule has 0 saturated heterocycles. The Morgan fingerprint density at radius 2 is 1.81 bits per heavy atom. The fraction of sp³-hybridized carbons (Fsp3) is 0.333. The number of nitrogens with one attached hydrogen (secondary N) is 1. The largest absolute Gasteiger partial charge is 0.483 e. The third-order valence-electron chi connectivity index (χ3n) is 3.20. The molecule has 0 bridgehead atoms. The average molecular weight is 413 g/mol. The highest BCUT2D eigenvalue weighted by Gasteiger charge is 2.20. The molecule has 1 saturated carbocycles. The summed E-state index contributed by atoms with van der Waals surface area (Å²) in [6.45, 7) is 1.22. The Labute approximate surface area is 140 Å². The van der Waals surface area contributed by atoms with E-state index in [1.165, 1.54) is 18.4 Å². The average Bonchev–Trinajstić information content (AvgIpc) is 3.29. The number of nitrogens with zero attached hydrogens (tertiary/aromatic N) is 2. The van der Waals surface area contributed by atoms with Gasteiger partial charge in [0.2, 0.25) is 0 Å². The van der Waals surface area contributed by atoms with E-state index in [1.54, 1.807) is 18.5 Å². The highest BCUT2D eigenvalue weighted by atomic mass is 79.9. The van der Waals surface area contributed by atoms with Gasteiger partial charge in [0.25, 0.3) is 0 Å². The Kier molecular flexibility index (Phi) is 4.87. The van der Waals surface area contributed by atoms with Crippen LogP contribution in [-0.4, -0.2) is 16.0 Å². The van der Waals surface area contributed by atoms with Crippen LogP contribution >= 0.6 is 31.9 Å². The molecule has 1 aliphatic rings. The van der Waals surface area contributed by atoms with E-state index < -0.39 is 0 Å². The Bertz CT molecular complexity index is 595. The van der Waals surface area contributed by atoms with Gasteiger partial charge in [-0.2, -0.15) is 0 Å². The van der Waals surface area contributed by atoms with Gasteiger partial charge >= 0.3 is 0 Å². The minimum Gasteiger partial charge on any atom is -0.483 e. The fourth-order valence-electron chi connectivity index (χ4n) is 1.94. The topological polar surface area (TPSA) is 47.0 Å². The van der Waals surface area contributed by atoms with Gasteiger partial charge in [0, 0.05) is 25.0 Å². The van der Waals surface area contributed by atoms with Crippen LogP contribution in [0.1, 0.15) is 24.2 Å². The molecule has 110 valence electrons. The molecule has 1 N–H and O–H groups in total. The van der Waals surface area contributed by atoms with Crippen molar-refractivity contribution in [2.45, 2.75) is 32.0 Å². The van der Waals surface area contributed by atoms with Gasteiger partial charge in [-0.15, -0.1) is 0 Å². The Balaban J connectivity index is 1.66. The lowest BCUT2D eigenvalue weighted by Crippen LogP contribution is -2.15. The van der Waals surface area contributed by atoms with E-state index in [0.29, 0.717) is 18.5 Å². The van der Waals surface area contributed by atoms with Crippen LogP contribution in [0.15, 0.2) is 39.5 Å². The fourth-order valence-corrected chi connectivity index (χ4v) is 3.45. The van der Waals surface area contributed by atoms with Crippen molar-refractivity contribution in [1.82, 2.24) is 15.3 Å². The van der Waals surface area contributed by atoms with Crippen LogP contribution in [0.25, 0.3) is 0 Å². The molecule has 4 nitrogen and oxygen atoms in total. The molecular formula is C15H15Br2N3O. The number of rotatable bonds is 6. The zero-order valence-electron chi connectivity index (χ0n) is 11.4. The van der Waals surface area contributed by atoms with E-state index >= 15 is 0 Å². The predicted molar refractivity (Wildman–Crippen MR) is 88.1 cm³/mol. The number of aromatic nitrogens is 2. The lowest BCUT2D eigenvalue weighted by atomic mass is 10.2. The molecule has 0 amide bonds. The Morgan fingerprint density at radius 3 is 2.43 bits per heavy atom. The maximum absolute atomic E-state index is 5.81. The van der Waals surface area contributed by atoms with Crippen molar-refractivity contribution in [2.24, 2.45) is 0 Å². The summed E-state index contributed by atoms with van der Waals surface area (Å²) in [7, 11) is 0. The maximum atomic E-state index is 5.81. The second-order valence-corrected chi connectivity index (χ2v) is 6.71. The lowest BCUT2D eigenvalue weighted by Gasteiger charge is -2.12. The molecule has 1 heterocycles. The molecule has 0 spiro atoms. The van der Waals surface area contributed by atoms with Gasteiger partial charge < -0.3 is 10.1 Å². The number of hydrogen-bond acceptors (Lipinski definition) is 4.